The third kappa shape index (κ3) is 4.28. The average Bonchev–Trinajstić information content (AvgIpc) is 1.56. The fraction of sp³-hybridized carbons (Fsp3) is 0.800. The summed E-state index contributed by atoms with van der Waals surface area (Å²) in [5, 5.41) is 0. The average molecular weight is 244 g/mol. The third-order valence-corrected chi connectivity index (χ3v) is 1.08. The summed E-state index contributed by atoms with van der Waals surface area (Å²) in [5.74, 6) is -3.30. The van der Waals surface area contributed by atoms with Gasteiger partial charge in [0.15, 0.2) is 0 Å². The van der Waals surface area contributed by atoms with Crippen LogP contribution < -0.4 is 0 Å². The first-order valence-corrected chi connectivity index (χ1v) is 2.62. The molecular weight excluding hydrogens is 239 g/mol. The molecule has 12 heavy (non-hydrogen) atoms. The zero-order chi connectivity index (χ0) is 9.28. The third-order valence-electron chi connectivity index (χ3n) is 1.08. The van der Waals surface area contributed by atoms with Crippen LogP contribution in [0.4, 0.5) is 26.3 Å². The number of rotatable bonds is 1. The predicted molar refractivity (Wildman–Crippen MR) is 25.6 cm³/mol. The van der Waals surface area contributed by atoms with E-state index in [0.717, 1.165) is 0 Å². The second kappa shape index (κ2) is 4.44. The molecule has 0 aliphatic carbocycles. The molecule has 0 fully saturated rings. The molecule has 0 radical (unpaired) electrons. The SMILES string of the molecule is [CH2-]CC(C(F)(F)F)C(F)(F)F.[Zn]. The molecule has 0 saturated carbocycles. The van der Waals surface area contributed by atoms with E-state index in [1.54, 1.807) is 0 Å². The van der Waals surface area contributed by atoms with Crippen LogP contribution in [0.2, 0.25) is 0 Å². The van der Waals surface area contributed by atoms with Crippen molar-refractivity contribution >= 4 is 0 Å². The van der Waals surface area contributed by atoms with E-state index in [0.29, 0.717) is 0 Å². The van der Waals surface area contributed by atoms with Gasteiger partial charge in [-0.25, -0.2) is 0 Å². The first-order valence-electron chi connectivity index (χ1n) is 2.62. The summed E-state index contributed by atoms with van der Waals surface area (Å²) in [5.41, 5.74) is 0. The van der Waals surface area contributed by atoms with Crippen molar-refractivity contribution in [3.8, 4) is 0 Å². The molecule has 70 valence electrons. The van der Waals surface area contributed by atoms with Gasteiger partial charge in [0.05, 0.1) is 0 Å². The fourth-order valence-electron chi connectivity index (χ4n) is 0.513. The van der Waals surface area contributed by atoms with Crippen molar-refractivity contribution in [2.24, 2.45) is 5.92 Å². The molecule has 0 rings (SSSR count). The van der Waals surface area contributed by atoms with Crippen molar-refractivity contribution in [1.82, 2.24) is 0 Å². The Morgan fingerprint density at radius 3 is 1.17 bits per heavy atom. The maximum atomic E-state index is 11.5. The molecule has 0 unspecified atom stereocenters. The maximum absolute atomic E-state index is 11.5. The van der Waals surface area contributed by atoms with E-state index in [-0.39, 0.29) is 19.5 Å². The van der Waals surface area contributed by atoms with Gasteiger partial charge in [0.25, 0.3) is 0 Å². The van der Waals surface area contributed by atoms with E-state index in [1.165, 1.54) is 0 Å². The minimum absolute atomic E-state index is 0. The Labute approximate surface area is 78.1 Å². The second-order valence-corrected chi connectivity index (χ2v) is 1.92. The summed E-state index contributed by atoms with van der Waals surface area (Å²) in [4.78, 5) is 0. The second-order valence-electron chi connectivity index (χ2n) is 1.92. The zero-order valence-corrected chi connectivity index (χ0v) is 8.93. The molecule has 0 amide bonds. The van der Waals surface area contributed by atoms with Crippen molar-refractivity contribution < 1.29 is 45.8 Å². The molecular formula is C5H5F6Zn-. The Morgan fingerprint density at radius 2 is 1.17 bits per heavy atom. The van der Waals surface area contributed by atoms with Crippen molar-refractivity contribution in [1.29, 1.82) is 0 Å². The van der Waals surface area contributed by atoms with Crippen molar-refractivity contribution in [2.75, 3.05) is 0 Å². The van der Waals surface area contributed by atoms with Gasteiger partial charge in [-0.15, -0.1) is 0 Å². The summed E-state index contributed by atoms with van der Waals surface area (Å²) in [7, 11) is 0. The van der Waals surface area contributed by atoms with E-state index in [4.69, 9.17) is 0 Å². The van der Waals surface area contributed by atoms with Crippen LogP contribution in [0, 0.1) is 12.8 Å². The van der Waals surface area contributed by atoms with Crippen LogP contribution in [0.5, 0.6) is 0 Å². The van der Waals surface area contributed by atoms with Crippen LogP contribution in [-0.4, -0.2) is 12.4 Å². The Bertz CT molecular complexity index is 111. The molecule has 0 aromatic rings. The van der Waals surface area contributed by atoms with E-state index >= 15 is 0 Å². The maximum Gasteiger partial charge on any atom is 0.397 e. The number of hydrogen-bond acceptors (Lipinski definition) is 0. The Balaban J connectivity index is 0. The summed E-state index contributed by atoms with van der Waals surface area (Å²) in [6.07, 6.45) is -11.7. The number of halogens is 6. The molecule has 0 aliphatic heterocycles. The molecule has 0 heterocycles. The van der Waals surface area contributed by atoms with Gasteiger partial charge in [-0.05, 0) is 0 Å². The first kappa shape index (κ1) is 14.7. The minimum atomic E-state index is -5.24. The molecule has 0 atom stereocenters. The van der Waals surface area contributed by atoms with Crippen molar-refractivity contribution in [3.05, 3.63) is 6.92 Å². The molecule has 0 aromatic heterocycles. The largest absolute Gasteiger partial charge is 0.397 e. The normalized spacial score (nSPS) is 13.0. The van der Waals surface area contributed by atoms with Crippen LogP contribution in [0.15, 0.2) is 0 Å². The molecule has 0 bridgehead atoms. The van der Waals surface area contributed by atoms with Gasteiger partial charge in [0.2, 0.25) is 0 Å². The summed E-state index contributed by atoms with van der Waals surface area (Å²) in [6.45, 7) is 2.58. The van der Waals surface area contributed by atoms with Gasteiger partial charge in [-0.1, -0.05) is 0 Å². The minimum Gasteiger partial charge on any atom is -0.342 e. The standard InChI is InChI=1S/C5H5F6.Zn/c1-2-3(4(6,7)8)5(9,10)11;/h3H,1-2H2;/q-1;. The van der Waals surface area contributed by atoms with Gasteiger partial charge in [0, 0.05) is 19.5 Å². The zero-order valence-electron chi connectivity index (χ0n) is 5.97. The molecule has 0 aromatic carbocycles. The van der Waals surface area contributed by atoms with Gasteiger partial charge in [-0.3, -0.25) is 0 Å². The summed E-state index contributed by atoms with van der Waals surface area (Å²) in [6, 6.07) is 0. The van der Waals surface area contributed by atoms with Crippen molar-refractivity contribution in [3.63, 3.8) is 0 Å². The summed E-state index contributed by atoms with van der Waals surface area (Å²) < 4.78 is 68.7. The van der Waals surface area contributed by atoms with Crippen LogP contribution >= 0.6 is 0 Å². The van der Waals surface area contributed by atoms with Crippen LogP contribution in [0.1, 0.15) is 6.42 Å². The first-order chi connectivity index (χ1) is 4.69. The smallest absolute Gasteiger partial charge is 0.342 e. The van der Waals surface area contributed by atoms with E-state index in [1.807, 2.05) is 0 Å². The quantitative estimate of drug-likeness (QED) is 0.378. The van der Waals surface area contributed by atoms with Crippen molar-refractivity contribution in [2.45, 2.75) is 18.8 Å². The van der Waals surface area contributed by atoms with E-state index in [2.05, 4.69) is 6.92 Å². The molecule has 0 spiro atoms. The number of alkyl halides is 6. The molecule has 0 N–H and O–H groups in total. The Kier molecular flexibility index (Phi) is 5.45. The van der Waals surface area contributed by atoms with E-state index in [9.17, 15) is 26.3 Å². The number of hydrogen-bond donors (Lipinski definition) is 0. The molecule has 7 heteroatoms. The van der Waals surface area contributed by atoms with Gasteiger partial charge in [-0.2, -0.15) is 32.8 Å². The molecule has 0 aliphatic rings. The summed E-state index contributed by atoms with van der Waals surface area (Å²) >= 11 is 0. The van der Waals surface area contributed by atoms with Crippen LogP contribution in [-0.2, 0) is 19.5 Å². The fourth-order valence-corrected chi connectivity index (χ4v) is 0.513. The van der Waals surface area contributed by atoms with Gasteiger partial charge < -0.3 is 6.92 Å². The predicted octanol–water partition coefficient (Wildman–Crippen LogP) is 2.95. The molecule has 0 saturated heterocycles. The van der Waals surface area contributed by atoms with Gasteiger partial charge >= 0.3 is 12.4 Å². The van der Waals surface area contributed by atoms with Crippen LogP contribution in [0.25, 0.3) is 0 Å². The Hall–Kier alpha value is 0.203. The van der Waals surface area contributed by atoms with Gasteiger partial charge in [0.1, 0.15) is 5.92 Å². The Morgan fingerprint density at radius 1 is 0.917 bits per heavy atom. The monoisotopic (exact) mass is 243 g/mol. The molecule has 0 nitrogen and oxygen atoms in total. The van der Waals surface area contributed by atoms with E-state index < -0.39 is 24.7 Å². The van der Waals surface area contributed by atoms with Crippen LogP contribution in [0.3, 0.4) is 0 Å². The topological polar surface area (TPSA) is 0 Å².